The average Bonchev–Trinajstić information content (AvgIpc) is 2.12. The largest absolute Gasteiger partial charge is 0.506 e. The summed E-state index contributed by atoms with van der Waals surface area (Å²) in [5, 5.41) is 9.36. The van der Waals surface area contributed by atoms with Gasteiger partial charge in [0.15, 0.2) is 0 Å². The highest BCUT2D eigenvalue weighted by atomic mass is 79.9. The van der Waals surface area contributed by atoms with Gasteiger partial charge in [0.1, 0.15) is 12.4 Å². The molecule has 2 nitrogen and oxygen atoms in total. The van der Waals surface area contributed by atoms with Crippen LogP contribution in [0.3, 0.4) is 0 Å². The summed E-state index contributed by atoms with van der Waals surface area (Å²) in [6.07, 6.45) is 0. The maximum atomic E-state index is 12.2. The van der Waals surface area contributed by atoms with Gasteiger partial charge < -0.3 is 10.8 Å². The van der Waals surface area contributed by atoms with E-state index >= 15 is 0 Å². The van der Waals surface area contributed by atoms with Crippen molar-refractivity contribution < 1.29 is 9.50 Å². The van der Waals surface area contributed by atoms with Crippen LogP contribution < -0.4 is 5.73 Å². The Bertz CT molecular complexity index is 296. The molecule has 0 bridgehead atoms. The van der Waals surface area contributed by atoms with E-state index in [1.54, 1.807) is 12.1 Å². The highest BCUT2D eigenvalue weighted by Gasteiger charge is 2.10. The number of halogens is 3. The number of alkyl halides is 1. The first-order valence-corrected chi connectivity index (χ1v) is 5.14. The standard InChI is InChI=1S/C8H8Br2FNO/c9-5-1-4(7(12)3-11)2-6(10)8(5)13/h1-2,7,13H,3,12H2/t7-/m0/s1. The van der Waals surface area contributed by atoms with Crippen LogP contribution in [0, 0.1) is 0 Å². The molecule has 0 amide bonds. The Morgan fingerprint density at radius 3 is 2.23 bits per heavy atom. The van der Waals surface area contributed by atoms with Crippen LogP contribution >= 0.6 is 31.9 Å². The third-order valence-corrected chi connectivity index (χ3v) is 2.84. The SMILES string of the molecule is N[C@@H](CF)c1cc(Br)c(O)c(Br)c1. The molecule has 0 radical (unpaired) electrons. The van der Waals surface area contributed by atoms with Crippen LogP contribution in [-0.2, 0) is 0 Å². The Labute approximate surface area is 92.2 Å². The molecule has 0 unspecified atom stereocenters. The van der Waals surface area contributed by atoms with Gasteiger partial charge in [-0.3, -0.25) is 0 Å². The fourth-order valence-corrected chi connectivity index (χ4v) is 2.11. The van der Waals surface area contributed by atoms with E-state index in [2.05, 4.69) is 31.9 Å². The van der Waals surface area contributed by atoms with Gasteiger partial charge in [-0.2, -0.15) is 0 Å². The van der Waals surface area contributed by atoms with E-state index in [0.29, 0.717) is 14.5 Å². The fourth-order valence-electron chi connectivity index (χ4n) is 0.888. The van der Waals surface area contributed by atoms with Gasteiger partial charge in [0.05, 0.1) is 15.0 Å². The van der Waals surface area contributed by atoms with Gasteiger partial charge in [0, 0.05) is 0 Å². The molecule has 0 saturated carbocycles. The van der Waals surface area contributed by atoms with Crippen molar-refractivity contribution in [2.45, 2.75) is 6.04 Å². The van der Waals surface area contributed by atoms with Gasteiger partial charge in [-0.05, 0) is 49.6 Å². The molecular weight excluding hydrogens is 305 g/mol. The molecule has 3 N–H and O–H groups in total. The van der Waals surface area contributed by atoms with Crippen molar-refractivity contribution >= 4 is 31.9 Å². The second-order valence-corrected chi connectivity index (χ2v) is 4.30. The molecule has 1 aromatic rings. The number of aromatic hydroxyl groups is 1. The fraction of sp³-hybridized carbons (Fsp3) is 0.250. The molecule has 0 heterocycles. The number of phenolic OH excluding ortho intramolecular Hbond substituents is 1. The molecular formula is C8H8Br2FNO. The lowest BCUT2D eigenvalue weighted by molar-refractivity contribution is 0.435. The summed E-state index contributed by atoms with van der Waals surface area (Å²) in [4.78, 5) is 0. The van der Waals surface area contributed by atoms with E-state index < -0.39 is 12.7 Å². The summed E-state index contributed by atoms with van der Waals surface area (Å²) >= 11 is 6.27. The molecule has 1 atom stereocenters. The Morgan fingerprint density at radius 1 is 1.38 bits per heavy atom. The van der Waals surface area contributed by atoms with Crippen molar-refractivity contribution in [1.82, 2.24) is 0 Å². The molecule has 0 fully saturated rings. The van der Waals surface area contributed by atoms with E-state index in [-0.39, 0.29) is 5.75 Å². The lowest BCUT2D eigenvalue weighted by atomic mass is 10.1. The Kier molecular flexibility index (Phi) is 3.70. The summed E-state index contributed by atoms with van der Waals surface area (Å²) in [6.45, 7) is -0.621. The second kappa shape index (κ2) is 4.39. The lowest BCUT2D eigenvalue weighted by Gasteiger charge is -2.09. The highest BCUT2D eigenvalue weighted by molar-refractivity contribution is 9.11. The third-order valence-electron chi connectivity index (χ3n) is 1.63. The first-order chi connectivity index (χ1) is 6.06. The van der Waals surface area contributed by atoms with Crippen LogP contribution in [0.1, 0.15) is 11.6 Å². The number of benzene rings is 1. The van der Waals surface area contributed by atoms with E-state index in [9.17, 15) is 9.50 Å². The maximum absolute atomic E-state index is 12.2. The van der Waals surface area contributed by atoms with Gasteiger partial charge in [-0.1, -0.05) is 0 Å². The van der Waals surface area contributed by atoms with Crippen molar-refractivity contribution in [3.8, 4) is 5.75 Å². The van der Waals surface area contributed by atoms with Crippen molar-refractivity contribution in [3.05, 3.63) is 26.6 Å². The zero-order valence-corrected chi connectivity index (χ0v) is 9.77. The van der Waals surface area contributed by atoms with Gasteiger partial charge in [-0.15, -0.1) is 0 Å². The zero-order valence-electron chi connectivity index (χ0n) is 6.60. The number of rotatable bonds is 2. The summed E-state index contributed by atoms with van der Waals surface area (Å²) in [5.41, 5.74) is 6.12. The molecule has 0 aliphatic rings. The number of hydrogen-bond donors (Lipinski definition) is 2. The number of phenols is 1. The third kappa shape index (κ3) is 2.42. The van der Waals surface area contributed by atoms with Crippen molar-refractivity contribution in [1.29, 1.82) is 0 Å². The topological polar surface area (TPSA) is 46.2 Å². The van der Waals surface area contributed by atoms with Crippen LogP contribution in [-0.4, -0.2) is 11.8 Å². The van der Waals surface area contributed by atoms with Crippen molar-refractivity contribution in [2.24, 2.45) is 5.73 Å². The van der Waals surface area contributed by atoms with Crippen LogP contribution in [0.2, 0.25) is 0 Å². The molecule has 0 aliphatic heterocycles. The first kappa shape index (κ1) is 10.9. The van der Waals surface area contributed by atoms with E-state index in [0.717, 1.165) is 0 Å². The predicted octanol–water partition coefficient (Wildman–Crippen LogP) is 2.89. The van der Waals surface area contributed by atoms with Crippen LogP contribution in [0.4, 0.5) is 4.39 Å². The van der Waals surface area contributed by atoms with Crippen LogP contribution in [0.25, 0.3) is 0 Å². The summed E-state index contributed by atoms with van der Waals surface area (Å²) in [5.74, 6) is 0.0924. The minimum Gasteiger partial charge on any atom is -0.506 e. The molecule has 0 spiro atoms. The molecule has 1 rings (SSSR count). The van der Waals surface area contributed by atoms with Gasteiger partial charge in [0.2, 0.25) is 0 Å². The molecule has 13 heavy (non-hydrogen) atoms. The molecule has 1 aromatic carbocycles. The summed E-state index contributed by atoms with van der Waals surface area (Å²) < 4.78 is 13.2. The molecule has 5 heteroatoms. The zero-order chi connectivity index (χ0) is 10.0. The average molecular weight is 313 g/mol. The normalized spacial score (nSPS) is 12.9. The molecule has 72 valence electrons. The van der Waals surface area contributed by atoms with Crippen molar-refractivity contribution in [2.75, 3.05) is 6.67 Å². The minimum absolute atomic E-state index is 0.0924. The quantitative estimate of drug-likeness (QED) is 0.882. The number of hydrogen-bond acceptors (Lipinski definition) is 2. The summed E-state index contributed by atoms with van der Waals surface area (Å²) in [7, 11) is 0. The summed E-state index contributed by atoms with van der Waals surface area (Å²) in [6, 6.07) is 2.56. The predicted molar refractivity (Wildman–Crippen MR) is 56.4 cm³/mol. The van der Waals surface area contributed by atoms with Gasteiger partial charge in [0.25, 0.3) is 0 Å². The highest BCUT2D eigenvalue weighted by Crippen LogP contribution is 2.34. The Balaban J connectivity index is 3.13. The first-order valence-electron chi connectivity index (χ1n) is 3.55. The molecule has 0 saturated heterocycles. The lowest BCUT2D eigenvalue weighted by Crippen LogP contribution is -2.12. The molecule has 0 aromatic heterocycles. The van der Waals surface area contributed by atoms with Gasteiger partial charge in [-0.25, -0.2) is 4.39 Å². The monoisotopic (exact) mass is 311 g/mol. The van der Waals surface area contributed by atoms with Gasteiger partial charge >= 0.3 is 0 Å². The van der Waals surface area contributed by atoms with E-state index in [4.69, 9.17) is 5.73 Å². The second-order valence-electron chi connectivity index (χ2n) is 2.59. The smallest absolute Gasteiger partial charge is 0.143 e. The minimum atomic E-state index is -0.645. The molecule has 0 aliphatic carbocycles. The van der Waals surface area contributed by atoms with Crippen LogP contribution in [0.15, 0.2) is 21.1 Å². The Hall–Kier alpha value is -0.130. The maximum Gasteiger partial charge on any atom is 0.143 e. The van der Waals surface area contributed by atoms with Crippen molar-refractivity contribution in [3.63, 3.8) is 0 Å². The van der Waals surface area contributed by atoms with Crippen LogP contribution in [0.5, 0.6) is 5.75 Å². The van der Waals surface area contributed by atoms with E-state index in [1.165, 1.54) is 0 Å². The van der Waals surface area contributed by atoms with E-state index in [1.807, 2.05) is 0 Å². The Morgan fingerprint density at radius 2 is 1.85 bits per heavy atom. The number of nitrogens with two attached hydrogens (primary N) is 1.